The van der Waals surface area contributed by atoms with E-state index in [4.69, 9.17) is 9.47 Å². The second kappa shape index (κ2) is 8.27. The average Bonchev–Trinajstić information content (AvgIpc) is 3.01. The Morgan fingerprint density at radius 3 is 1.97 bits per heavy atom. The number of fused-ring (bicyclic) bond motifs is 4. The summed E-state index contributed by atoms with van der Waals surface area (Å²) in [5, 5.41) is 19.9. The number of rotatable bonds is 9. The Morgan fingerprint density at radius 1 is 0.688 bits per heavy atom. The molecule has 4 aliphatic carbocycles. The Bertz CT molecular complexity index is 1170. The third kappa shape index (κ3) is 3.48. The molecule has 8 bridgehead atoms. The molecule has 3 aromatic carbocycles. The first-order valence-corrected chi connectivity index (χ1v) is 11.7. The second-order valence-corrected chi connectivity index (χ2v) is 8.88. The molecule has 2 unspecified atom stereocenters. The summed E-state index contributed by atoms with van der Waals surface area (Å²) in [5.74, 6) is 1.39. The van der Waals surface area contributed by atoms with E-state index in [0.29, 0.717) is 11.5 Å². The van der Waals surface area contributed by atoms with Crippen LogP contribution in [0.1, 0.15) is 52.0 Å². The molecule has 32 heavy (non-hydrogen) atoms. The summed E-state index contributed by atoms with van der Waals surface area (Å²) in [5.41, 5.74) is 10.0. The fraction of sp³-hybridized carbons (Fsp3) is 0.357. The van der Waals surface area contributed by atoms with Crippen molar-refractivity contribution in [3.05, 3.63) is 48.0 Å². The highest BCUT2D eigenvalue weighted by Gasteiger charge is 2.32. The topological polar surface area (TPSA) is 58.9 Å². The normalized spacial score (nSPS) is 14.2. The van der Waals surface area contributed by atoms with Crippen molar-refractivity contribution in [3.63, 3.8) is 0 Å². The molecule has 0 saturated heterocycles. The minimum absolute atomic E-state index is 0.693. The van der Waals surface area contributed by atoms with E-state index in [-0.39, 0.29) is 0 Å². The van der Waals surface area contributed by atoms with Gasteiger partial charge in [-0.15, -0.1) is 0 Å². The van der Waals surface area contributed by atoms with Crippen molar-refractivity contribution in [1.29, 1.82) is 0 Å². The molecule has 4 aliphatic rings. The summed E-state index contributed by atoms with van der Waals surface area (Å²) in [4.78, 5) is 0. The van der Waals surface area contributed by atoms with Crippen LogP contribution in [0.2, 0.25) is 0 Å². The van der Waals surface area contributed by atoms with Gasteiger partial charge in [-0.2, -0.15) is 0 Å². The number of ether oxygens (including phenoxy) is 2. The maximum Gasteiger partial charge on any atom is 0.194 e. The monoisotopic (exact) mass is 430 g/mol. The van der Waals surface area contributed by atoms with Crippen LogP contribution in [0.5, 0.6) is 11.5 Å². The van der Waals surface area contributed by atoms with Gasteiger partial charge in [-0.1, -0.05) is 38.3 Å². The van der Waals surface area contributed by atoms with E-state index in [1.165, 1.54) is 30.4 Å². The van der Waals surface area contributed by atoms with Crippen LogP contribution in [0.3, 0.4) is 0 Å². The zero-order valence-corrected chi connectivity index (χ0v) is 18.9. The minimum atomic E-state index is -0.895. The lowest BCUT2D eigenvalue weighted by atomic mass is 9.85. The van der Waals surface area contributed by atoms with Gasteiger partial charge in [-0.3, -0.25) is 0 Å². The fourth-order valence-electron chi connectivity index (χ4n) is 5.13. The second-order valence-electron chi connectivity index (χ2n) is 8.88. The molecule has 0 amide bonds. The van der Waals surface area contributed by atoms with E-state index >= 15 is 0 Å². The van der Waals surface area contributed by atoms with Gasteiger partial charge in [0.25, 0.3) is 0 Å². The number of hydrogen-bond acceptors (Lipinski definition) is 4. The Balaban J connectivity index is 1.76. The van der Waals surface area contributed by atoms with Crippen LogP contribution in [-0.2, 0) is 6.42 Å². The first-order valence-electron chi connectivity index (χ1n) is 11.7. The zero-order valence-electron chi connectivity index (χ0n) is 18.9. The van der Waals surface area contributed by atoms with E-state index in [1.807, 2.05) is 6.07 Å². The van der Waals surface area contributed by atoms with Crippen molar-refractivity contribution in [1.82, 2.24) is 0 Å². The third-order valence-electron chi connectivity index (χ3n) is 6.41. The largest absolute Gasteiger partial charge is 0.465 e. The number of unbranched alkanes of at least 4 members (excludes halogenated alkanes) is 3. The molecule has 0 aliphatic heterocycles. The van der Waals surface area contributed by atoms with Crippen LogP contribution in [0.4, 0.5) is 0 Å². The summed E-state index contributed by atoms with van der Waals surface area (Å²) in [6, 6.07) is 14.9. The molecule has 0 spiro atoms. The van der Waals surface area contributed by atoms with Gasteiger partial charge < -0.3 is 19.7 Å². The molecule has 0 radical (unpaired) electrons. The van der Waals surface area contributed by atoms with Gasteiger partial charge in [0.15, 0.2) is 12.6 Å². The summed E-state index contributed by atoms with van der Waals surface area (Å²) in [7, 11) is 0. The summed E-state index contributed by atoms with van der Waals surface area (Å²) < 4.78 is 11.7. The molecule has 0 saturated carbocycles. The highest BCUT2D eigenvalue weighted by Crippen LogP contribution is 2.57. The smallest absolute Gasteiger partial charge is 0.194 e. The molecule has 0 fully saturated rings. The van der Waals surface area contributed by atoms with Gasteiger partial charge in [-0.05, 0) is 84.8 Å². The minimum Gasteiger partial charge on any atom is -0.465 e. The summed E-state index contributed by atoms with van der Waals surface area (Å²) in [6.45, 7) is 5.50. The molecule has 166 valence electrons. The Hall–Kier alpha value is -2.82. The van der Waals surface area contributed by atoms with Crippen LogP contribution < -0.4 is 9.47 Å². The predicted octanol–water partition coefficient (Wildman–Crippen LogP) is 6.54. The standard InChI is InChI=1S/C28H30O4/c1-4-5-6-7-8-19-13-23-18-9-11-22(24(14-18)31-16(2)29)28-26(19)20-10-12-21(27(23)28)25(15-20)32-17(3)30/h9-17,29-30H,4-8H2,1-3H3. The molecule has 7 rings (SSSR count). The van der Waals surface area contributed by atoms with Crippen LogP contribution in [0.25, 0.3) is 44.5 Å². The quantitative estimate of drug-likeness (QED) is 0.206. The molecule has 4 heteroatoms. The Labute approximate surface area is 189 Å². The van der Waals surface area contributed by atoms with Crippen molar-refractivity contribution in [2.45, 2.75) is 65.5 Å². The Morgan fingerprint density at radius 2 is 1.31 bits per heavy atom. The maximum absolute atomic E-state index is 9.97. The lowest BCUT2D eigenvalue weighted by Crippen LogP contribution is -2.10. The first kappa shape index (κ1) is 21.0. The van der Waals surface area contributed by atoms with Gasteiger partial charge in [0.2, 0.25) is 0 Å². The first-order chi connectivity index (χ1) is 15.5. The van der Waals surface area contributed by atoms with Gasteiger partial charge in [0.1, 0.15) is 11.5 Å². The molecule has 0 heterocycles. The number of hydrogen-bond donors (Lipinski definition) is 2. The van der Waals surface area contributed by atoms with Gasteiger partial charge in [0.05, 0.1) is 0 Å². The molecular weight excluding hydrogens is 400 g/mol. The SMILES string of the molecule is CCCCCCc1cc2c3c(c1-c1ccc-3c(OC(C)O)c1)-c1ccc-2cc1OC(C)O. The molecule has 4 nitrogen and oxygen atoms in total. The highest BCUT2D eigenvalue weighted by molar-refractivity contribution is 6.09. The number of aliphatic hydroxyl groups is 2. The maximum atomic E-state index is 9.97. The summed E-state index contributed by atoms with van der Waals surface area (Å²) in [6.07, 6.45) is 4.05. The van der Waals surface area contributed by atoms with Crippen molar-refractivity contribution in [3.8, 4) is 56.0 Å². The molecular formula is C28H30O4. The van der Waals surface area contributed by atoms with Crippen molar-refractivity contribution in [2.75, 3.05) is 0 Å². The lowest BCUT2D eigenvalue weighted by Gasteiger charge is -2.19. The number of aliphatic hydroxyl groups excluding tert-OH is 2. The molecule has 3 aromatic rings. The van der Waals surface area contributed by atoms with Crippen molar-refractivity contribution in [2.24, 2.45) is 0 Å². The van der Waals surface area contributed by atoms with E-state index in [9.17, 15) is 10.2 Å². The van der Waals surface area contributed by atoms with E-state index in [2.05, 4.69) is 43.3 Å². The zero-order chi connectivity index (χ0) is 22.4. The van der Waals surface area contributed by atoms with Crippen molar-refractivity contribution < 1.29 is 19.7 Å². The third-order valence-corrected chi connectivity index (χ3v) is 6.41. The van der Waals surface area contributed by atoms with E-state index < -0.39 is 12.6 Å². The summed E-state index contributed by atoms with van der Waals surface area (Å²) >= 11 is 0. The predicted molar refractivity (Wildman–Crippen MR) is 128 cm³/mol. The number of aryl methyl sites for hydroxylation is 1. The lowest BCUT2D eigenvalue weighted by molar-refractivity contribution is -0.000426. The van der Waals surface area contributed by atoms with Gasteiger partial charge >= 0.3 is 0 Å². The number of benzene rings is 3. The molecule has 2 atom stereocenters. The fourth-order valence-corrected chi connectivity index (χ4v) is 5.13. The van der Waals surface area contributed by atoms with Gasteiger partial charge in [0, 0.05) is 22.3 Å². The molecule has 2 N–H and O–H groups in total. The van der Waals surface area contributed by atoms with Crippen LogP contribution in [0, 0.1) is 0 Å². The Kier molecular flexibility index (Phi) is 5.44. The average molecular weight is 431 g/mol. The van der Waals surface area contributed by atoms with Crippen molar-refractivity contribution >= 4 is 0 Å². The van der Waals surface area contributed by atoms with E-state index in [1.54, 1.807) is 13.8 Å². The van der Waals surface area contributed by atoms with Crippen LogP contribution >= 0.6 is 0 Å². The van der Waals surface area contributed by atoms with Crippen LogP contribution in [0.15, 0.2) is 42.5 Å². The van der Waals surface area contributed by atoms with Gasteiger partial charge in [-0.25, -0.2) is 0 Å². The highest BCUT2D eigenvalue weighted by atomic mass is 16.6. The molecule has 0 aromatic heterocycles. The van der Waals surface area contributed by atoms with E-state index in [0.717, 1.165) is 51.8 Å². The van der Waals surface area contributed by atoms with Crippen LogP contribution in [-0.4, -0.2) is 22.8 Å².